The van der Waals surface area contributed by atoms with E-state index in [0.717, 1.165) is 9.35 Å². The van der Waals surface area contributed by atoms with Gasteiger partial charge in [0.15, 0.2) is 0 Å². The first kappa shape index (κ1) is 14.1. The lowest BCUT2D eigenvalue weighted by molar-refractivity contribution is 0.103. The lowest BCUT2D eigenvalue weighted by atomic mass is 10.1. The summed E-state index contributed by atoms with van der Waals surface area (Å²) in [5.41, 5.74) is 1.60. The van der Waals surface area contributed by atoms with Crippen molar-refractivity contribution in [2.45, 2.75) is 6.92 Å². The normalized spacial score (nSPS) is 10.3. The van der Waals surface area contributed by atoms with Crippen molar-refractivity contribution >= 4 is 33.0 Å². The summed E-state index contributed by atoms with van der Waals surface area (Å²) in [6.07, 6.45) is 0. The van der Waals surface area contributed by atoms with Crippen molar-refractivity contribution in [1.29, 1.82) is 0 Å². The average Bonchev–Trinajstić information content (AvgIpc) is 2.77. The second-order valence-electron chi connectivity index (χ2n) is 3.96. The molecule has 0 amide bonds. The van der Waals surface area contributed by atoms with Gasteiger partial charge in [0.25, 0.3) is 0 Å². The Balaban J connectivity index is 2.43. The van der Waals surface area contributed by atoms with Crippen LogP contribution in [0.3, 0.4) is 0 Å². The fourth-order valence-corrected chi connectivity index (χ4v) is 3.18. The molecule has 0 saturated heterocycles. The molecule has 0 spiro atoms. The third-order valence-electron chi connectivity index (χ3n) is 2.73. The summed E-state index contributed by atoms with van der Waals surface area (Å²) < 4.78 is 11.4. The predicted octanol–water partition coefficient (Wildman–Crippen LogP) is 4.07. The van der Waals surface area contributed by atoms with Crippen LogP contribution in [0, 0.1) is 6.92 Å². The molecule has 0 N–H and O–H groups in total. The van der Waals surface area contributed by atoms with Crippen LogP contribution in [0.4, 0.5) is 0 Å². The number of rotatable bonds is 4. The monoisotopic (exact) mass is 340 g/mol. The summed E-state index contributed by atoms with van der Waals surface area (Å²) >= 11 is 4.86. The van der Waals surface area contributed by atoms with Crippen LogP contribution in [0.15, 0.2) is 28.1 Å². The number of carbonyl (C=O) groups excluding carboxylic acids is 1. The maximum absolute atomic E-state index is 12.5. The number of halogens is 1. The van der Waals surface area contributed by atoms with Gasteiger partial charge in [-0.15, -0.1) is 11.3 Å². The SMILES string of the molecule is COc1ccc(C(=O)c2cc(C)c(Br)s2)c(OC)c1. The van der Waals surface area contributed by atoms with Gasteiger partial charge in [0.2, 0.25) is 5.78 Å². The van der Waals surface area contributed by atoms with Crippen molar-refractivity contribution in [1.82, 2.24) is 0 Å². The van der Waals surface area contributed by atoms with E-state index in [9.17, 15) is 4.79 Å². The number of aryl methyl sites for hydroxylation is 1. The Hall–Kier alpha value is -1.33. The van der Waals surface area contributed by atoms with E-state index in [1.165, 1.54) is 11.3 Å². The first-order valence-electron chi connectivity index (χ1n) is 5.59. The number of ether oxygens (including phenoxy) is 2. The Bertz CT molecular complexity index is 600. The molecule has 0 saturated carbocycles. The van der Waals surface area contributed by atoms with Crippen LogP contribution in [0.5, 0.6) is 11.5 Å². The van der Waals surface area contributed by atoms with Crippen molar-refractivity contribution in [3.05, 3.63) is 44.1 Å². The zero-order valence-corrected chi connectivity index (χ0v) is 13.2. The molecule has 0 unspecified atom stereocenters. The van der Waals surface area contributed by atoms with Gasteiger partial charge in [0, 0.05) is 6.07 Å². The van der Waals surface area contributed by atoms with Crippen LogP contribution < -0.4 is 9.47 Å². The molecule has 1 aromatic heterocycles. The molecule has 0 atom stereocenters. The molecule has 0 fully saturated rings. The largest absolute Gasteiger partial charge is 0.497 e. The lowest BCUT2D eigenvalue weighted by Gasteiger charge is -2.08. The standard InChI is InChI=1S/C14H13BrO3S/c1-8-6-12(19-14(8)15)13(16)10-5-4-9(17-2)7-11(10)18-3/h4-7H,1-3H3. The Kier molecular flexibility index (Phi) is 4.27. The molecular weight excluding hydrogens is 328 g/mol. The molecule has 0 bridgehead atoms. The smallest absolute Gasteiger partial charge is 0.206 e. The number of hydrogen-bond donors (Lipinski definition) is 0. The van der Waals surface area contributed by atoms with E-state index in [2.05, 4.69) is 15.9 Å². The van der Waals surface area contributed by atoms with Crippen LogP contribution in [-0.4, -0.2) is 20.0 Å². The molecule has 0 radical (unpaired) electrons. The summed E-state index contributed by atoms with van der Waals surface area (Å²) in [4.78, 5) is 13.1. The van der Waals surface area contributed by atoms with Gasteiger partial charge < -0.3 is 9.47 Å². The molecule has 19 heavy (non-hydrogen) atoms. The van der Waals surface area contributed by atoms with E-state index < -0.39 is 0 Å². The van der Waals surface area contributed by atoms with E-state index >= 15 is 0 Å². The molecule has 100 valence electrons. The molecule has 2 aromatic rings. The molecular formula is C14H13BrO3S. The minimum absolute atomic E-state index is 0.0432. The third-order valence-corrected chi connectivity index (χ3v) is 4.87. The van der Waals surface area contributed by atoms with Crippen molar-refractivity contribution < 1.29 is 14.3 Å². The average molecular weight is 341 g/mol. The van der Waals surface area contributed by atoms with Crippen LogP contribution in [0.2, 0.25) is 0 Å². The fourth-order valence-electron chi connectivity index (χ4n) is 1.69. The van der Waals surface area contributed by atoms with Gasteiger partial charge in [0.05, 0.1) is 28.4 Å². The number of carbonyl (C=O) groups is 1. The quantitative estimate of drug-likeness (QED) is 0.787. The van der Waals surface area contributed by atoms with Gasteiger partial charge in [0.1, 0.15) is 11.5 Å². The Morgan fingerprint density at radius 2 is 1.95 bits per heavy atom. The molecule has 0 aliphatic rings. The number of ketones is 1. The summed E-state index contributed by atoms with van der Waals surface area (Å²) in [6.45, 7) is 1.96. The van der Waals surface area contributed by atoms with Crippen molar-refractivity contribution in [3.8, 4) is 11.5 Å². The highest BCUT2D eigenvalue weighted by molar-refractivity contribution is 9.11. The molecule has 5 heteroatoms. The lowest BCUT2D eigenvalue weighted by Crippen LogP contribution is -2.02. The third kappa shape index (κ3) is 2.82. The highest BCUT2D eigenvalue weighted by Crippen LogP contribution is 2.32. The number of thiophene rings is 1. The Labute approximate surface area is 124 Å². The summed E-state index contributed by atoms with van der Waals surface area (Å²) in [7, 11) is 3.12. The first-order valence-corrected chi connectivity index (χ1v) is 7.20. The van der Waals surface area contributed by atoms with Gasteiger partial charge in [-0.3, -0.25) is 4.79 Å². The van der Waals surface area contributed by atoms with Crippen LogP contribution >= 0.6 is 27.3 Å². The first-order chi connectivity index (χ1) is 9.06. The maximum atomic E-state index is 12.5. The summed E-state index contributed by atoms with van der Waals surface area (Å²) in [5.74, 6) is 1.14. The van der Waals surface area contributed by atoms with Gasteiger partial charge in [-0.2, -0.15) is 0 Å². The highest BCUT2D eigenvalue weighted by atomic mass is 79.9. The van der Waals surface area contributed by atoms with Crippen LogP contribution in [0.1, 0.15) is 20.8 Å². The van der Waals surface area contributed by atoms with E-state index in [1.807, 2.05) is 13.0 Å². The molecule has 0 aliphatic carbocycles. The molecule has 1 aromatic carbocycles. The topological polar surface area (TPSA) is 35.5 Å². The minimum Gasteiger partial charge on any atom is -0.497 e. The molecule has 1 heterocycles. The van der Waals surface area contributed by atoms with Crippen molar-refractivity contribution in [3.63, 3.8) is 0 Å². The second-order valence-corrected chi connectivity index (χ2v) is 6.33. The zero-order chi connectivity index (χ0) is 14.0. The van der Waals surface area contributed by atoms with Gasteiger partial charge in [-0.1, -0.05) is 0 Å². The minimum atomic E-state index is -0.0432. The van der Waals surface area contributed by atoms with Crippen molar-refractivity contribution in [2.75, 3.05) is 14.2 Å². The number of benzene rings is 1. The molecule has 0 aliphatic heterocycles. The Morgan fingerprint density at radius 3 is 2.47 bits per heavy atom. The number of methoxy groups -OCH3 is 2. The van der Waals surface area contributed by atoms with E-state index in [0.29, 0.717) is 21.9 Å². The van der Waals surface area contributed by atoms with Gasteiger partial charge >= 0.3 is 0 Å². The Morgan fingerprint density at radius 1 is 1.21 bits per heavy atom. The predicted molar refractivity (Wildman–Crippen MR) is 79.7 cm³/mol. The number of hydrogen-bond acceptors (Lipinski definition) is 4. The van der Waals surface area contributed by atoms with Crippen molar-refractivity contribution in [2.24, 2.45) is 0 Å². The molecule has 2 rings (SSSR count). The van der Waals surface area contributed by atoms with Gasteiger partial charge in [-0.05, 0) is 46.6 Å². The van der Waals surface area contributed by atoms with E-state index in [-0.39, 0.29) is 5.78 Å². The van der Waals surface area contributed by atoms with Crippen LogP contribution in [0.25, 0.3) is 0 Å². The fraction of sp³-hybridized carbons (Fsp3) is 0.214. The van der Waals surface area contributed by atoms with Gasteiger partial charge in [-0.25, -0.2) is 0 Å². The van der Waals surface area contributed by atoms with Crippen LogP contribution in [-0.2, 0) is 0 Å². The molecule has 3 nitrogen and oxygen atoms in total. The summed E-state index contributed by atoms with van der Waals surface area (Å²) in [6, 6.07) is 7.07. The van der Waals surface area contributed by atoms with E-state index in [4.69, 9.17) is 9.47 Å². The maximum Gasteiger partial charge on any atom is 0.206 e. The van der Waals surface area contributed by atoms with E-state index in [1.54, 1.807) is 32.4 Å². The highest BCUT2D eigenvalue weighted by Gasteiger charge is 2.18. The zero-order valence-electron chi connectivity index (χ0n) is 10.8. The summed E-state index contributed by atoms with van der Waals surface area (Å²) in [5, 5.41) is 0. The second kappa shape index (κ2) is 5.75.